The van der Waals surface area contributed by atoms with Gasteiger partial charge in [-0.2, -0.15) is 9.83 Å². The van der Waals surface area contributed by atoms with E-state index < -0.39 is 18.1 Å². The Morgan fingerprint density at radius 2 is 1.55 bits per heavy atom. The molecule has 5 aromatic rings. The van der Waals surface area contributed by atoms with Crippen LogP contribution in [0.2, 0.25) is 0 Å². The summed E-state index contributed by atoms with van der Waals surface area (Å²) in [7, 11) is 2.02. The molecule has 3 nitrogen and oxygen atoms in total. The molecule has 0 atom stereocenters. The van der Waals surface area contributed by atoms with E-state index in [2.05, 4.69) is 37.5 Å². The molecule has 0 fully saturated rings. The first-order chi connectivity index (χ1) is 17.9. The van der Waals surface area contributed by atoms with Gasteiger partial charge in [0, 0.05) is 34.9 Å². The van der Waals surface area contributed by atoms with Gasteiger partial charge >= 0.3 is 0 Å². The first kappa shape index (κ1) is 15.8. The average Bonchev–Trinajstić information content (AvgIpc) is 3.26. The summed E-state index contributed by atoms with van der Waals surface area (Å²) in [6, 6.07) is 8.12. The average molecular weight is 437 g/mol. The van der Waals surface area contributed by atoms with Crippen molar-refractivity contribution in [3.8, 4) is 28.5 Å². The molecular weight excluding hydrogens is 404 g/mol. The van der Waals surface area contributed by atoms with Crippen LogP contribution in [-0.2, 0) is 7.05 Å². The van der Waals surface area contributed by atoms with Crippen molar-refractivity contribution in [1.82, 2.24) is 0 Å². The molecule has 0 amide bonds. The second-order valence-corrected chi connectivity index (χ2v) is 8.63. The van der Waals surface area contributed by atoms with Crippen molar-refractivity contribution in [2.24, 2.45) is 7.05 Å². The van der Waals surface area contributed by atoms with Gasteiger partial charge in [0.1, 0.15) is 18.2 Å². The zero-order chi connectivity index (χ0) is 27.8. The van der Waals surface area contributed by atoms with Gasteiger partial charge in [-0.1, -0.05) is 42.3 Å². The molecule has 0 aliphatic carbocycles. The summed E-state index contributed by atoms with van der Waals surface area (Å²) in [4.78, 5) is 0. The third kappa shape index (κ3) is 3.06. The monoisotopic (exact) mass is 436 g/mol. The summed E-state index contributed by atoms with van der Waals surface area (Å²) < 4.78 is 50.4. The van der Waals surface area contributed by atoms with Gasteiger partial charge in [-0.05, 0) is 56.0 Å². The minimum Gasteiger partial charge on any atom is -0.454 e. The van der Waals surface area contributed by atoms with Gasteiger partial charge in [-0.15, -0.1) is 0 Å². The summed E-state index contributed by atoms with van der Waals surface area (Å²) in [5.74, 6) is 0. The van der Waals surface area contributed by atoms with E-state index in [1.807, 2.05) is 26.1 Å². The number of aryl methyl sites for hydroxylation is 2. The van der Waals surface area contributed by atoms with Crippen LogP contribution in [0.4, 0.5) is 0 Å². The Morgan fingerprint density at radius 1 is 0.848 bits per heavy atom. The second kappa shape index (κ2) is 7.60. The molecule has 2 aromatic heterocycles. The van der Waals surface area contributed by atoms with Crippen molar-refractivity contribution in [2.75, 3.05) is 0 Å². The van der Waals surface area contributed by atoms with Gasteiger partial charge in [0.05, 0.1) is 24.0 Å². The van der Waals surface area contributed by atoms with E-state index in [0.29, 0.717) is 33.2 Å². The molecule has 3 aromatic carbocycles. The molecule has 33 heavy (non-hydrogen) atoms. The lowest BCUT2D eigenvalue weighted by atomic mass is 9.93. The third-order valence-corrected chi connectivity index (χ3v) is 6.88. The first-order valence-electron chi connectivity index (χ1n) is 13.3. The number of aromatic nitrogens is 1. The number of furan rings is 1. The van der Waals surface area contributed by atoms with E-state index >= 15 is 0 Å². The fourth-order valence-corrected chi connectivity index (χ4v) is 4.64. The van der Waals surface area contributed by atoms with E-state index in [-0.39, 0.29) is 17.6 Å². The van der Waals surface area contributed by atoms with E-state index in [4.69, 9.17) is 11.3 Å². The number of rotatable bonds is 2. The molecule has 162 valence electrons. The molecular formula is C30H27N2O+. The van der Waals surface area contributed by atoms with Crippen LogP contribution in [0.3, 0.4) is 0 Å². The van der Waals surface area contributed by atoms with Gasteiger partial charge in [0.15, 0.2) is 5.69 Å². The molecule has 0 radical (unpaired) electrons. The molecule has 0 aliphatic rings. The van der Waals surface area contributed by atoms with Crippen molar-refractivity contribution < 1.29 is 15.8 Å². The van der Waals surface area contributed by atoms with Crippen LogP contribution in [0, 0.1) is 45.9 Å². The number of pyridine rings is 1. The van der Waals surface area contributed by atoms with Gasteiger partial charge in [0.25, 0.3) is 0 Å². The second-order valence-electron chi connectivity index (χ2n) is 8.63. The predicted molar refractivity (Wildman–Crippen MR) is 134 cm³/mol. The lowest BCUT2D eigenvalue weighted by molar-refractivity contribution is -0.667. The standard InChI is InChI=1S/C30H27N2O/c1-17-12-13-24-25-15-23(16-31)20(4)28(22-10-8-7-9-11-22)30(25)33-29(24)27(17)26-14-18(2)19(3)21(5)32(26)6/h7-15H,1-6H3/q+1/i7D,8D,9D,10D,11D. The Morgan fingerprint density at radius 3 is 2.24 bits per heavy atom. The molecule has 0 spiro atoms. The fraction of sp³-hybridized carbons (Fsp3) is 0.200. The van der Waals surface area contributed by atoms with Crippen LogP contribution in [0.5, 0.6) is 0 Å². The molecule has 0 saturated carbocycles. The van der Waals surface area contributed by atoms with Crippen LogP contribution >= 0.6 is 0 Å². The molecule has 0 aliphatic heterocycles. The van der Waals surface area contributed by atoms with Crippen molar-refractivity contribution in [2.45, 2.75) is 34.6 Å². The molecule has 2 heterocycles. The molecule has 5 rings (SSSR count). The fourth-order valence-electron chi connectivity index (χ4n) is 4.64. The Hall–Kier alpha value is -3.90. The zero-order valence-corrected chi connectivity index (χ0v) is 19.6. The maximum absolute atomic E-state index is 9.97. The van der Waals surface area contributed by atoms with Crippen molar-refractivity contribution in [3.63, 3.8) is 0 Å². The van der Waals surface area contributed by atoms with Crippen LogP contribution < -0.4 is 4.57 Å². The van der Waals surface area contributed by atoms with E-state index in [1.165, 1.54) is 5.56 Å². The molecule has 0 unspecified atom stereocenters. The third-order valence-electron chi connectivity index (χ3n) is 6.88. The summed E-state index contributed by atoms with van der Waals surface area (Å²) in [6.07, 6.45) is 0. The van der Waals surface area contributed by atoms with Crippen molar-refractivity contribution >= 4 is 21.9 Å². The number of nitriles is 1. The van der Waals surface area contributed by atoms with Gasteiger partial charge in [-0.25, -0.2) is 0 Å². The van der Waals surface area contributed by atoms with Crippen LogP contribution in [0.25, 0.3) is 44.3 Å². The summed E-state index contributed by atoms with van der Waals surface area (Å²) in [5, 5.41) is 11.4. The lowest BCUT2D eigenvalue weighted by Crippen LogP contribution is -2.36. The number of fused-ring (bicyclic) bond motifs is 3. The number of benzene rings is 3. The topological polar surface area (TPSA) is 40.8 Å². The highest BCUT2D eigenvalue weighted by molar-refractivity contribution is 6.14. The highest BCUT2D eigenvalue weighted by atomic mass is 16.3. The Kier molecular flexibility index (Phi) is 3.65. The number of hydrogen-bond donors (Lipinski definition) is 0. The molecule has 3 heteroatoms. The van der Waals surface area contributed by atoms with Gasteiger partial charge in [0.2, 0.25) is 5.69 Å². The number of hydrogen-bond acceptors (Lipinski definition) is 2. The summed E-state index contributed by atoms with van der Waals surface area (Å²) in [6.45, 7) is 10.0. The lowest BCUT2D eigenvalue weighted by Gasteiger charge is -2.10. The number of nitrogens with zero attached hydrogens (tertiary/aromatic N) is 2. The molecule has 0 bridgehead atoms. The maximum atomic E-state index is 9.97. The zero-order valence-electron chi connectivity index (χ0n) is 24.6. The van der Waals surface area contributed by atoms with Gasteiger partial charge in [-0.3, -0.25) is 0 Å². The van der Waals surface area contributed by atoms with Crippen molar-refractivity contribution in [3.05, 3.63) is 88.0 Å². The van der Waals surface area contributed by atoms with Gasteiger partial charge < -0.3 is 4.42 Å². The van der Waals surface area contributed by atoms with E-state index in [0.717, 1.165) is 33.5 Å². The predicted octanol–water partition coefficient (Wildman–Crippen LogP) is 7.16. The highest BCUT2D eigenvalue weighted by Crippen LogP contribution is 2.43. The van der Waals surface area contributed by atoms with Crippen LogP contribution in [-0.4, -0.2) is 0 Å². The largest absolute Gasteiger partial charge is 0.454 e. The quantitative estimate of drug-likeness (QED) is 0.276. The minimum absolute atomic E-state index is 0.0282. The Bertz CT molecular complexity index is 1870. The van der Waals surface area contributed by atoms with E-state index in [1.54, 1.807) is 13.0 Å². The molecule has 0 N–H and O–H groups in total. The van der Waals surface area contributed by atoms with Crippen LogP contribution in [0.1, 0.15) is 40.4 Å². The normalized spacial score (nSPS) is 13.4. The van der Waals surface area contributed by atoms with E-state index in [9.17, 15) is 5.26 Å². The maximum Gasteiger partial charge on any atom is 0.216 e. The Labute approximate surface area is 201 Å². The minimum atomic E-state index is -0.464. The highest BCUT2D eigenvalue weighted by Gasteiger charge is 2.25. The first-order valence-corrected chi connectivity index (χ1v) is 10.8. The smallest absolute Gasteiger partial charge is 0.216 e. The van der Waals surface area contributed by atoms with Crippen molar-refractivity contribution in [1.29, 1.82) is 5.26 Å². The van der Waals surface area contributed by atoms with Crippen LogP contribution in [0.15, 0.2) is 58.9 Å². The summed E-state index contributed by atoms with van der Waals surface area (Å²) in [5.41, 5.74) is 8.66. The molecule has 0 saturated heterocycles. The SMILES string of the molecule is [2H]c1c([2H])c([2H])c(-c2c(C)c(C#N)cc3c2oc2c(-c4cc(C)c(C)c(C)[n+]4C)c(C)ccc23)c([2H])c1[2H]. The summed E-state index contributed by atoms with van der Waals surface area (Å²) >= 11 is 0. The Balaban J connectivity index is 2.01.